The summed E-state index contributed by atoms with van der Waals surface area (Å²) < 4.78 is 6.46. The third-order valence-corrected chi connectivity index (χ3v) is 6.44. The van der Waals surface area contributed by atoms with E-state index < -0.39 is 5.60 Å². The number of para-hydroxylation sites is 1. The van der Waals surface area contributed by atoms with Crippen molar-refractivity contribution in [3.8, 4) is 0 Å². The van der Waals surface area contributed by atoms with Crippen molar-refractivity contribution < 1.29 is 14.3 Å². The summed E-state index contributed by atoms with van der Waals surface area (Å²) >= 11 is 7.86. The van der Waals surface area contributed by atoms with E-state index >= 15 is 0 Å². The average molecular weight is 484 g/mol. The summed E-state index contributed by atoms with van der Waals surface area (Å²) in [5.41, 5.74) is 2.92. The molecule has 1 N–H and O–H groups in total. The molecule has 0 saturated carbocycles. The molecule has 2 heterocycles. The molecule has 0 bridgehead atoms. The Morgan fingerprint density at radius 1 is 1.15 bits per heavy atom. The van der Waals surface area contributed by atoms with Crippen LogP contribution in [0.4, 0.5) is 9.93 Å². The van der Waals surface area contributed by atoms with Crippen LogP contribution in [-0.4, -0.2) is 40.6 Å². The van der Waals surface area contributed by atoms with Gasteiger partial charge >= 0.3 is 6.09 Å². The number of anilines is 1. The van der Waals surface area contributed by atoms with Crippen LogP contribution in [0.5, 0.6) is 0 Å². The van der Waals surface area contributed by atoms with Crippen LogP contribution in [0.15, 0.2) is 48.0 Å². The molecule has 0 unspecified atom stereocenters. The Hall–Kier alpha value is -2.90. The highest BCUT2D eigenvalue weighted by Gasteiger charge is 2.24. The van der Waals surface area contributed by atoms with E-state index in [1.165, 1.54) is 16.9 Å². The lowest BCUT2D eigenvalue weighted by molar-refractivity contribution is 0.0237. The fourth-order valence-electron chi connectivity index (χ4n) is 3.58. The number of piperidine rings is 1. The minimum Gasteiger partial charge on any atom is -0.444 e. The van der Waals surface area contributed by atoms with Gasteiger partial charge in [0.1, 0.15) is 5.60 Å². The summed E-state index contributed by atoms with van der Waals surface area (Å²) in [6.45, 7) is 6.85. The number of benzene rings is 2. The number of likely N-dealkylation sites (tertiary alicyclic amines) is 1. The number of ether oxygens (including phenoxy) is 1. The van der Waals surface area contributed by atoms with E-state index in [0.717, 1.165) is 28.6 Å². The van der Waals surface area contributed by atoms with Crippen molar-refractivity contribution in [2.24, 2.45) is 0 Å². The van der Waals surface area contributed by atoms with E-state index in [9.17, 15) is 9.59 Å². The van der Waals surface area contributed by atoms with Crippen molar-refractivity contribution in [2.45, 2.75) is 39.2 Å². The number of hydrogen-bond donors (Lipinski definition) is 1. The van der Waals surface area contributed by atoms with E-state index in [1.54, 1.807) is 17.0 Å². The van der Waals surface area contributed by atoms with E-state index in [-0.39, 0.29) is 12.0 Å². The Labute approximate surface area is 202 Å². The van der Waals surface area contributed by atoms with Crippen molar-refractivity contribution in [1.82, 2.24) is 9.88 Å². The number of nitrogens with zero attached hydrogens (tertiary/aromatic N) is 2. The van der Waals surface area contributed by atoms with Crippen LogP contribution in [0, 0.1) is 0 Å². The molecule has 1 aliphatic rings. The quantitative estimate of drug-likeness (QED) is 0.454. The maximum Gasteiger partial charge on any atom is 0.410 e. The molecule has 0 atom stereocenters. The second-order valence-corrected chi connectivity index (χ2v) is 10.4. The summed E-state index contributed by atoms with van der Waals surface area (Å²) in [5.74, 6) is -0.288. The molecular formula is C25H26ClN3O3S. The summed E-state index contributed by atoms with van der Waals surface area (Å²) in [6.07, 6.45) is 3.36. The smallest absolute Gasteiger partial charge is 0.410 e. The molecule has 2 amide bonds. The molecule has 4 rings (SSSR count). The van der Waals surface area contributed by atoms with E-state index in [2.05, 4.69) is 16.4 Å². The summed E-state index contributed by atoms with van der Waals surface area (Å²) in [5, 5.41) is 3.77. The Bertz CT molecular complexity index is 1190. The first-order chi connectivity index (χ1) is 15.7. The molecular weight excluding hydrogens is 458 g/mol. The topological polar surface area (TPSA) is 71.5 Å². The van der Waals surface area contributed by atoms with E-state index in [1.807, 2.05) is 51.1 Å². The van der Waals surface area contributed by atoms with Crippen LogP contribution in [0.2, 0.25) is 5.02 Å². The molecule has 1 aromatic heterocycles. The third-order valence-electron chi connectivity index (χ3n) is 5.18. The van der Waals surface area contributed by atoms with E-state index in [4.69, 9.17) is 16.3 Å². The Morgan fingerprint density at radius 2 is 1.88 bits per heavy atom. The second-order valence-electron chi connectivity index (χ2n) is 8.95. The number of rotatable bonds is 3. The second kappa shape index (κ2) is 9.53. The highest BCUT2D eigenvalue weighted by Crippen LogP contribution is 2.28. The first-order valence-corrected chi connectivity index (χ1v) is 12.0. The van der Waals surface area contributed by atoms with Gasteiger partial charge in [-0.15, -0.1) is 0 Å². The number of carbonyl (C=O) groups is 2. The number of halogens is 1. The van der Waals surface area contributed by atoms with Crippen LogP contribution in [0.3, 0.4) is 0 Å². The summed E-state index contributed by atoms with van der Waals surface area (Å²) in [6, 6.07) is 13.1. The fraction of sp³-hybridized carbons (Fsp3) is 0.320. The third kappa shape index (κ3) is 5.92. The molecule has 1 fully saturated rings. The van der Waals surface area contributed by atoms with Crippen molar-refractivity contribution in [1.29, 1.82) is 0 Å². The monoisotopic (exact) mass is 483 g/mol. The lowest BCUT2D eigenvalue weighted by atomic mass is 10.0. The van der Waals surface area contributed by atoms with Gasteiger partial charge in [-0.3, -0.25) is 10.1 Å². The van der Waals surface area contributed by atoms with Crippen LogP contribution in [0.1, 0.15) is 49.5 Å². The predicted octanol–water partition coefficient (Wildman–Crippen LogP) is 6.62. The number of aromatic nitrogens is 1. The van der Waals surface area contributed by atoms with Gasteiger partial charge in [-0.25, -0.2) is 9.78 Å². The van der Waals surface area contributed by atoms with Crippen LogP contribution >= 0.6 is 22.9 Å². The SMILES string of the molecule is CC(C)(C)OC(=O)N1CCC(=Cc2ccc(C(=O)Nc3nc4ccccc4s3)c(Cl)c2)CC1. The summed E-state index contributed by atoms with van der Waals surface area (Å²) in [4.78, 5) is 31.1. The molecule has 3 aromatic rings. The Morgan fingerprint density at radius 3 is 2.55 bits per heavy atom. The lowest BCUT2D eigenvalue weighted by Gasteiger charge is -2.31. The zero-order valence-corrected chi connectivity index (χ0v) is 20.4. The van der Waals surface area contributed by atoms with Crippen LogP contribution in [0.25, 0.3) is 16.3 Å². The standard InChI is InChI=1S/C25H26ClN3O3S/c1-25(2,3)32-24(31)29-12-10-16(11-13-29)14-17-8-9-18(19(26)15-17)22(30)28-23-27-20-6-4-5-7-21(20)33-23/h4-9,14-15H,10-13H2,1-3H3,(H,27,28,30). The van der Waals surface area contributed by atoms with Gasteiger partial charge in [0.15, 0.2) is 5.13 Å². The largest absolute Gasteiger partial charge is 0.444 e. The number of thiazole rings is 1. The number of hydrogen-bond acceptors (Lipinski definition) is 5. The Kier molecular flexibility index (Phi) is 6.72. The average Bonchev–Trinajstić information content (AvgIpc) is 3.15. The van der Waals surface area contributed by atoms with Gasteiger partial charge in [0.25, 0.3) is 5.91 Å². The predicted molar refractivity (Wildman–Crippen MR) is 134 cm³/mol. The van der Waals surface area contributed by atoms with Gasteiger partial charge in [-0.05, 0) is 63.4 Å². The van der Waals surface area contributed by atoms with Gasteiger partial charge in [0, 0.05) is 13.1 Å². The molecule has 172 valence electrons. The summed E-state index contributed by atoms with van der Waals surface area (Å²) in [7, 11) is 0. The molecule has 0 aliphatic carbocycles. The molecule has 1 aliphatic heterocycles. The number of carbonyl (C=O) groups excluding carboxylic acids is 2. The maximum absolute atomic E-state index is 12.7. The van der Waals surface area contributed by atoms with Gasteiger partial charge in [0.2, 0.25) is 0 Å². The normalized spacial score (nSPS) is 14.3. The molecule has 1 saturated heterocycles. The molecule has 8 heteroatoms. The zero-order chi connectivity index (χ0) is 23.6. The molecule has 0 spiro atoms. The minimum absolute atomic E-state index is 0.270. The van der Waals surface area contributed by atoms with Crippen LogP contribution < -0.4 is 5.32 Å². The first-order valence-electron chi connectivity index (χ1n) is 10.8. The lowest BCUT2D eigenvalue weighted by Crippen LogP contribution is -2.40. The highest BCUT2D eigenvalue weighted by molar-refractivity contribution is 7.22. The highest BCUT2D eigenvalue weighted by atomic mass is 35.5. The number of nitrogens with one attached hydrogen (secondary N) is 1. The fourth-order valence-corrected chi connectivity index (χ4v) is 4.71. The van der Waals surface area contributed by atoms with Gasteiger partial charge in [0.05, 0.1) is 20.8 Å². The van der Waals surface area contributed by atoms with Gasteiger partial charge < -0.3 is 9.64 Å². The number of amides is 2. The molecule has 33 heavy (non-hydrogen) atoms. The minimum atomic E-state index is -0.495. The van der Waals surface area contributed by atoms with Crippen molar-refractivity contribution >= 4 is 56.4 Å². The Balaban J connectivity index is 1.39. The van der Waals surface area contributed by atoms with Crippen molar-refractivity contribution in [3.63, 3.8) is 0 Å². The number of fused-ring (bicyclic) bond motifs is 1. The van der Waals surface area contributed by atoms with Crippen LogP contribution in [-0.2, 0) is 4.74 Å². The first kappa shape index (κ1) is 23.3. The molecule has 0 radical (unpaired) electrons. The van der Waals surface area contributed by atoms with Gasteiger partial charge in [-0.1, -0.05) is 52.8 Å². The maximum atomic E-state index is 12.7. The molecule has 2 aromatic carbocycles. The van der Waals surface area contributed by atoms with Crippen molar-refractivity contribution in [3.05, 3.63) is 64.2 Å². The molecule has 6 nitrogen and oxygen atoms in total. The van der Waals surface area contributed by atoms with Crippen molar-refractivity contribution in [2.75, 3.05) is 18.4 Å². The zero-order valence-electron chi connectivity index (χ0n) is 18.9. The van der Waals surface area contributed by atoms with E-state index in [0.29, 0.717) is 28.8 Å². The van der Waals surface area contributed by atoms with Gasteiger partial charge in [-0.2, -0.15) is 0 Å².